The maximum Gasteiger partial charge on any atom is 0.203 e. The van der Waals surface area contributed by atoms with E-state index in [1.54, 1.807) is 6.20 Å². The van der Waals surface area contributed by atoms with E-state index >= 15 is 0 Å². The van der Waals surface area contributed by atoms with E-state index in [0.717, 1.165) is 10.7 Å². The van der Waals surface area contributed by atoms with Crippen LogP contribution in [0.3, 0.4) is 0 Å². The predicted octanol–water partition coefficient (Wildman–Crippen LogP) is 1.11. The molecule has 0 bridgehead atoms. The van der Waals surface area contributed by atoms with Crippen LogP contribution in [0.2, 0.25) is 0 Å². The monoisotopic (exact) mass is 192 g/mol. The van der Waals surface area contributed by atoms with Crippen molar-refractivity contribution in [2.45, 2.75) is 6.42 Å². The molecule has 0 saturated heterocycles. The van der Waals surface area contributed by atoms with E-state index in [9.17, 15) is 0 Å². The van der Waals surface area contributed by atoms with Crippen LogP contribution in [0.1, 0.15) is 10.7 Å². The lowest BCUT2D eigenvalue weighted by molar-refractivity contribution is 0.979. The summed E-state index contributed by atoms with van der Waals surface area (Å²) < 4.78 is 0. The molecule has 0 amide bonds. The van der Waals surface area contributed by atoms with E-state index < -0.39 is 0 Å². The van der Waals surface area contributed by atoms with Crippen LogP contribution in [-0.2, 0) is 6.42 Å². The third-order valence-corrected chi connectivity index (χ3v) is 2.29. The van der Waals surface area contributed by atoms with Crippen LogP contribution in [0, 0.1) is 0 Å². The van der Waals surface area contributed by atoms with Gasteiger partial charge in [-0.1, -0.05) is 17.4 Å². The molecule has 0 spiro atoms. The van der Waals surface area contributed by atoms with Crippen LogP contribution in [0.25, 0.3) is 0 Å². The summed E-state index contributed by atoms with van der Waals surface area (Å²) in [7, 11) is 0. The summed E-state index contributed by atoms with van der Waals surface area (Å²) in [6.45, 7) is 0. The van der Waals surface area contributed by atoms with Crippen LogP contribution >= 0.6 is 11.3 Å². The van der Waals surface area contributed by atoms with Gasteiger partial charge in [0.2, 0.25) is 5.13 Å². The first kappa shape index (κ1) is 8.12. The Morgan fingerprint density at radius 1 is 1.31 bits per heavy atom. The molecule has 0 aliphatic heterocycles. The number of hydrogen-bond acceptors (Lipinski definition) is 5. The molecule has 2 aromatic rings. The normalized spacial score (nSPS) is 10.2. The van der Waals surface area contributed by atoms with Crippen molar-refractivity contribution in [3.05, 3.63) is 35.1 Å². The highest BCUT2D eigenvalue weighted by molar-refractivity contribution is 7.15. The predicted molar refractivity (Wildman–Crippen MR) is 51.4 cm³/mol. The second-order valence-electron chi connectivity index (χ2n) is 2.53. The third-order valence-electron chi connectivity index (χ3n) is 1.54. The first-order valence-electron chi connectivity index (χ1n) is 3.82. The number of rotatable bonds is 2. The lowest BCUT2D eigenvalue weighted by Crippen LogP contribution is -1.89. The fourth-order valence-corrected chi connectivity index (χ4v) is 1.62. The highest BCUT2D eigenvalue weighted by Gasteiger charge is 2.02. The minimum absolute atomic E-state index is 0.505. The minimum atomic E-state index is 0.505. The van der Waals surface area contributed by atoms with Crippen LogP contribution < -0.4 is 5.73 Å². The summed E-state index contributed by atoms with van der Waals surface area (Å²) >= 11 is 1.40. The van der Waals surface area contributed by atoms with Gasteiger partial charge in [-0.05, 0) is 12.1 Å². The molecule has 0 saturated carbocycles. The van der Waals surface area contributed by atoms with Gasteiger partial charge in [0.25, 0.3) is 0 Å². The number of anilines is 1. The summed E-state index contributed by atoms with van der Waals surface area (Å²) in [5.74, 6) is 0. The second kappa shape index (κ2) is 3.49. The lowest BCUT2D eigenvalue weighted by Gasteiger charge is -1.93. The van der Waals surface area contributed by atoms with Gasteiger partial charge in [0.1, 0.15) is 5.01 Å². The molecule has 0 aliphatic carbocycles. The average molecular weight is 192 g/mol. The van der Waals surface area contributed by atoms with E-state index in [0.29, 0.717) is 11.6 Å². The smallest absolute Gasteiger partial charge is 0.203 e. The Hall–Kier alpha value is -1.49. The summed E-state index contributed by atoms with van der Waals surface area (Å²) in [5, 5.41) is 9.05. The zero-order valence-electron chi connectivity index (χ0n) is 6.84. The quantitative estimate of drug-likeness (QED) is 0.774. The Kier molecular flexibility index (Phi) is 2.18. The highest BCUT2D eigenvalue weighted by atomic mass is 32.1. The van der Waals surface area contributed by atoms with Crippen LogP contribution in [0.15, 0.2) is 24.4 Å². The van der Waals surface area contributed by atoms with Gasteiger partial charge in [0, 0.05) is 18.3 Å². The molecule has 4 nitrogen and oxygen atoms in total. The summed E-state index contributed by atoms with van der Waals surface area (Å²) in [4.78, 5) is 4.18. The first-order valence-corrected chi connectivity index (χ1v) is 4.64. The second-order valence-corrected chi connectivity index (χ2v) is 3.63. The summed E-state index contributed by atoms with van der Waals surface area (Å²) in [6.07, 6.45) is 2.47. The zero-order chi connectivity index (χ0) is 9.10. The van der Waals surface area contributed by atoms with Crippen molar-refractivity contribution in [2.75, 3.05) is 5.73 Å². The van der Waals surface area contributed by atoms with Gasteiger partial charge in [-0.15, -0.1) is 10.2 Å². The molecule has 2 aromatic heterocycles. The van der Waals surface area contributed by atoms with E-state index in [4.69, 9.17) is 5.73 Å². The molecule has 13 heavy (non-hydrogen) atoms. The third kappa shape index (κ3) is 2.00. The molecule has 0 atom stereocenters. The number of hydrogen-bond donors (Lipinski definition) is 1. The SMILES string of the molecule is Nc1nnc(Cc2ccccn2)s1. The standard InChI is InChI=1S/C8H8N4S/c9-8-12-11-7(13-8)5-6-3-1-2-4-10-6/h1-4H,5H2,(H2,9,12). The molecule has 5 heteroatoms. The fourth-order valence-electron chi connectivity index (χ4n) is 0.996. The van der Waals surface area contributed by atoms with Gasteiger partial charge in [-0.3, -0.25) is 4.98 Å². The highest BCUT2D eigenvalue weighted by Crippen LogP contribution is 2.13. The molecule has 2 N–H and O–H groups in total. The van der Waals surface area contributed by atoms with Crippen molar-refractivity contribution < 1.29 is 0 Å². The van der Waals surface area contributed by atoms with Crippen molar-refractivity contribution in [2.24, 2.45) is 0 Å². The molecule has 0 unspecified atom stereocenters. The molecule has 0 aliphatic rings. The van der Waals surface area contributed by atoms with Gasteiger partial charge < -0.3 is 5.73 Å². The molecule has 2 rings (SSSR count). The van der Waals surface area contributed by atoms with Crippen molar-refractivity contribution in [1.29, 1.82) is 0 Å². The van der Waals surface area contributed by atoms with E-state index in [1.807, 2.05) is 18.2 Å². The Morgan fingerprint density at radius 2 is 2.23 bits per heavy atom. The average Bonchev–Trinajstić information content (AvgIpc) is 2.53. The van der Waals surface area contributed by atoms with Crippen molar-refractivity contribution in [3.8, 4) is 0 Å². The van der Waals surface area contributed by atoms with E-state index in [2.05, 4.69) is 15.2 Å². The number of nitrogens with zero attached hydrogens (tertiary/aromatic N) is 3. The topological polar surface area (TPSA) is 64.7 Å². The zero-order valence-corrected chi connectivity index (χ0v) is 7.66. The Labute approximate surface area is 79.5 Å². The van der Waals surface area contributed by atoms with Gasteiger partial charge in [0.05, 0.1) is 0 Å². The minimum Gasteiger partial charge on any atom is -0.374 e. The summed E-state index contributed by atoms with van der Waals surface area (Å²) in [5.41, 5.74) is 6.44. The Morgan fingerprint density at radius 3 is 2.85 bits per heavy atom. The molecular weight excluding hydrogens is 184 g/mol. The molecule has 0 fully saturated rings. The number of nitrogen functional groups attached to an aromatic ring is 1. The Balaban J connectivity index is 2.15. The molecular formula is C8H8N4S. The van der Waals surface area contributed by atoms with Crippen LogP contribution in [0.5, 0.6) is 0 Å². The largest absolute Gasteiger partial charge is 0.374 e. The molecule has 0 radical (unpaired) electrons. The van der Waals surface area contributed by atoms with E-state index in [1.165, 1.54) is 11.3 Å². The molecule has 2 heterocycles. The van der Waals surface area contributed by atoms with Gasteiger partial charge in [-0.2, -0.15) is 0 Å². The van der Waals surface area contributed by atoms with E-state index in [-0.39, 0.29) is 0 Å². The lowest BCUT2D eigenvalue weighted by atomic mass is 10.3. The maximum absolute atomic E-state index is 5.46. The number of aromatic nitrogens is 3. The van der Waals surface area contributed by atoms with Crippen LogP contribution in [-0.4, -0.2) is 15.2 Å². The number of pyridine rings is 1. The van der Waals surface area contributed by atoms with Crippen molar-refractivity contribution in [1.82, 2.24) is 15.2 Å². The van der Waals surface area contributed by atoms with Crippen molar-refractivity contribution in [3.63, 3.8) is 0 Å². The van der Waals surface area contributed by atoms with Gasteiger partial charge >= 0.3 is 0 Å². The van der Waals surface area contributed by atoms with Crippen LogP contribution in [0.4, 0.5) is 5.13 Å². The number of nitrogens with two attached hydrogens (primary N) is 1. The van der Waals surface area contributed by atoms with Gasteiger partial charge in [-0.25, -0.2) is 0 Å². The molecule has 0 aromatic carbocycles. The summed E-state index contributed by atoms with van der Waals surface area (Å²) in [6, 6.07) is 5.79. The maximum atomic E-state index is 5.46. The molecule has 66 valence electrons. The van der Waals surface area contributed by atoms with Crippen molar-refractivity contribution >= 4 is 16.5 Å². The fraction of sp³-hybridized carbons (Fsp3) is 0.125. The Bertz CT molecular complexity index is 384. The first-order chi connectivity index (χ1) is 6.34. The van der Waals surface area contributed by atoms with Gasteiger partial charge in [0.15, 0.2) is 0 Å².